The van der Waals surface area contributed by atoms with Gasteiger partial charge in [-0.15, -0.1) is 0 Å². The van der Waals surface area contributed by atoms with Crippen LogP contribution in [0.3, 0.4) is 0 Å². The zero-order valence-electron chi connectivity index (χ0n) is 10.4. The summed E-state index contributed by atoms with van der Waals surface area (Å²) < 4.78 is 26.5. The van der Waals surface area contributed by atoms with E-state index < -0.39 is 11.6 Å². The quantitative estimate of drug-likeness (QED) is 0.741. The van der Waals surface area contributed by atoms with Gasteiger partial charge in [0.2, 0.25) is 0 Å². The Balaban J connectivity index is 2.92. The minimum atomic E-state index is -0.546. The lowest BCUT2D eigenvalue weighted by molar-refractivity contribution is 0.498. The molecule has 94 valence electrons. The fourth-order valence-electron chi connectivity index (χ4n) is 1.76. The van der Waals surface area contributed by atoms with Crippen molar-refractivity contribution in [2.24, 2.45) is 0 Å². The number of halogens is 2. The molecule has 0 spiro atoms. The van der Waals surface area contributed by atoms with Crippen LogP contribution in [0, 0.1) is 11.6 Å². The molecule has 0 aliphatic heterocycles. The van der Waals surface area contributed by atoms with Gasteiger partial charge in [0, 0.05) is 17.7 Å². The van der Waals surface area contributed by atoms with Gasteiger partial charge in [-0.2, -0.15) is 0 Å². The maximum absolute atomic E-state index is 13.7. The van der Waals surface area contributed by atoms with Crippen LogP contribution >= 0.6 is 0 Å². The summed E-state index contributed by atoms with van der Waals surface area (Å²) in [6, 6.07) is 3.58. The minimum absolute atomic E-state index is 0.131. The van der Waals surface area contributed by atoms with Gasteiger partial charge in [0.1, 0.15) is 11.6 Å². The lowest BCUT2D eigenvalue weighted by Crippen LogP contribution is -2.22. The summed E-state index contributed by atoms with van der Waals surface area (Å²) >= 11 is 0. The van der Waals surface area contributed by atoms with E-state index in [1.165, 1.54) is 12.1 Å². The second-order valence-electron chi connectivity index (χ2n) is 4.08. The molecule has 0 bridgehead atoms. The number of hydrogen-bond acceptors (Lipinski definition) is 1. The second-order valence-corrected chi connectivity index (χ2v) is 4.08. The first-order valence-corrected chi connectivity index (χ1v) is 5.93. The van der Waals surface area contributed by atoms with Crippen molar-refractivity contribution in [3.05, 3.63) is 47.5 Å². The third-order valence-corrected chi connectivity index (χ3v) is 2.78. The molecule has 0 radical (unpaired) electrons. The van der Waals surface area contributed by atoms with Crippen molar-refractivity contribution in [3.63, 3.8) is 0 Å². The first kappa shape index (κ1) is 13.8. The van der Waals surface area contributed by atoms with Crippen molar-refractivity contribution in [1.82, 2.24) is 5.32 Å². The molecule has 0 saturated carbocycles. The summed E-state index contributed by atoms with van der Waals surface area (Å²) in [5.41, 5.74) is 1.56. The molecular formula is C14H19F2N. The molecule has 0 heterocycles. The number of nitrogens with one attached hydrogen (secondary N) is 1. The van der Waals surface area contributed by atoms with Crippen LogP contribution in [0.5, 0.6) is 0 Å². The number of benzene rings is 1. The van der Waals surface area contributed by atoms with Crippen LogP contribution < -0.4 is 5.32 Å². The predicted molar refractivity (Wildman–Crippen MR) is 66.8 cm³/mol. The van der Waals surface area contributed by atoms with Gasteiger partial charge >= 0.3 is 0 Å². The topological polar surface area (TPSA) is 12.0 Å². The first-order chi connectivity index (χ1) is 8.08. The Bertz CT molecular complexity index is 388. The Morgan fingerprint density at radius 1 is 1.35 bits per heavy atom. The van der Waals surface area contributed by atoms with Gasteiger partial charge < -0.3 is 5.32 Å². The highest BCUT2D eigenvalue weighted by Crippen LogP contribution is 2.24. The molecule has 1 nitrogen and oxygen atoms in total. The number of rotatable bonds is 6. The third-order valence-electron chi connectivity index (χ3n) is 2.78. The standard InChI is InChI=1S/C14H19F2N/c1-4-10(3)8-14(17-5-2)12-7-6-11(15)9-13(12)16/h6-7,9,14,17H,3-5,8H2,1-2H3. The second kappa shape index (κ2) is 6.50. The molecule has 17 heavy (non-hydrogen) atoms. The van der Waals surface area contributed by atoms with Gasteiger partial charge in [-0.3, -0.25) is 0 Å². The zero-order valence-corrected chi connectivity index (χ0v) is 10.4. The van der Waals surface area contributed by atoms with Crippen molar-refractivity contribution in [2.45, 2.75) is 32.7 Å². The van der Waals surface area contributed by atoms with Gasteiger partial charge in [0.15, 0.2) is 0 Å². The Morgan fingerprint density at radius 2 is 2.06 bits per heavy atom. The Hall–Kier alpha value is -1.22. The highest BCUT2D eigenvalue weighted by atomic mass is 19.1. The molecule has 3 heteroatoms. The molecule has 0 fully saturated rings. The van der Waals surface area contributed by atoms with Crippen LogP contribution in [-0.2, 0) is 0 Å². The summed E-state index contributed by atoms with van der Waals surface area (Å²) in [6.07, 6.45) is 1.54. The van der Waals surface area contributed by atoms with Gasteiger partial charge in [0.25, 0.3) is 0 Å². The summed E-state index contributed by atoms with van der Waals surface area (Å²) in [5, 5.41) is 3.20. The van der Waals surface area contributed by atoms with Gasteiger partial charge in [0.05, 0.1) is 0 Å². The van der Waals surface area contributed by atoms with Crippen LogP contribution in [0.4, 0.5) is 8.78 Å². The van der Waals surface area contributed by atoms with Gasteiger partial charge in [-0.1, -0.05) is 32.1 Å². The average Bonchev–Trinajstić information content (AvgIpc) is 2.28. The fraction of sp³-hybridized carbons (Fsp3) is 0.429. The van der Waals surface area contributed by atoms with Crippen LogP contribution in [0.2, 0.25) is 0 Å². The van der Waals surface area contributed by atoms with Crippen molar-refractivity contribution >= 4 is 0 Å². The van der Waals surface area contributed by atoms with E-state index in [4.69, 9.17) is 0 Å². The maximum atomic E-state index is 13.7. The van der Waals surface area contributed by atoms with Crippen molar-refractivity contribution in [3.8, 4) is 0 Å². The zero-order chi connectivity index (χ0) is 12.8. The van der Waals surface area contributed by atoms with E-state index in [9.17, 15) is 8.78 Å². The van der Waals surface area contributed by atoms with Crippen molar-refractivity contribution in [1.29, 1.82) is 0 Å². The maximum Gasteiger partial charge on any atom is 0.130 e. The molecule has 0 aromatic heterocycles. The summed E-state index contributed by atoms with van der Waals surface area (Å²) in [7, 11) is 0. The Labute approximate surface area is 102 Å². The Kier molecular flexibility index (Phi) is 5.29. The molecule has 1 unspecified atom stereocenters. The average molecular weight is 239 g/mol. The summed E-state index contributed by atoms with van der Waals surface area (Å²) in [6.45, 7) is 8.65. The molecular weight excluding hydrogens is 220 g/mol. The van der Waals surface area contributed by atoms with Gasteiger partial charge in [-0.25, -0.2) is 8.78 Å². The molecule has 0 aliphatic carbocycles. The summed E-state index contributed by atoms with van der Waals surface area (Å²) in [4.78, 5) is 0. The van der Waals surface area contributed by atoms with Crippen LogP contribution in [0.15, 0.2) is 30.4 Å². The van der Waals surface area contributed by atoms with Crippen LogP contribution in [-0.4, -0.2) is 6.54 Å². The molecule has 0 amide bonds. The van der Waals surface area contributed by atoms with E-state index in [2.05, 4.69) is 11.9 Å². The highest BCUT2D eigenvalue weighted by molar-refractivity contribution is 5.23. The van der Waals surface area contributed by atoms with E-state index in [0.717, 1.165) is 24.6 Å². The molecule has 1 rings (SSSR count). The normalized spacial score (nSPS) is 12.5. The number of hydrogen-bond donors (Lipinski definition) is 1. The minimum Gasteiger partial charge on any atom is -0.310 e. The third kappa shape index (κ3) is 3.93. The molecule has 1 aromatic carbocycles. The molecule has 0 aliphatic rings. The first-order valence-electron chi connectivity index (χ1n) is 5.93. The van der Waals surface area contributed by atoms with E-state index in [1.807, 2.05) is 13.8 Å². The van der Waals surface area contributed by atoms with E-state index >= 15 is 0 Å². The van der Waals surface area contributed by atoms with Gasteiger partial charge in [-0.05, 0) is 25.5 Å². The van der Waals surface area contributed by atoms with E-state index in [0.29, 0.717) is 12.0 Å². The van der Waals surface area contributed by atoms with Crippen LogP contribution in [0.1, 0.15) is 38.3 Å². The van der Waals surface area contributed by atoms with E-state index in [1.54, 1.807) is 0 Å². The fourth-order valence-corrected chi connectivity index (χ4v) is 1.76. The van der Waals surface area contributed by atoms with Crippen molar-refractivity contribution in [2.75, 3.05) is 6.54 Å². The molecule has 0 saturated heterocycles. The lowest BCUT2D eigenvalue weighted by atomic mass is 9.98. The smallest absolute Gasteiger partial charge is 0.130 e. The molecule has 1 atom stereocenters. The largest absolute Gasteiger partial charge is 0.310 e. The molecule has 1 aromatic rings. The lowest BCUT2D eigenvalue weighted by Gasteiger charge is -2.19. The summed E-state index contributed by atoms with van der Waals surface area (Å²) in [5.74, 6) is -1.05. The van der Waals surface area contributed by atoms with Crippen LogP contribution in [0.25, 0.3) is 0 Å². The van der Waals surface area contributed by atoms with E-state index in [-0.39, 0.29) is 6.04 Å². The Morgan fingerprint density at radius 3 is 2.59 bits per heavy atom. The molecule has 1 N–H and O–H groups in total. The SMILES string of the molecule is C=C(CC)CC(NCC)c1ccc(F)cc1F. The highest BCUT2D eigenvalue weighted by Gasteiger charge is 2.15. The predicted octanol–water partition coefficient (Wildman–Crippen LogP) is 3.97. The monoisotopic (exact) mass is 239 g/mol. The van der Waals surface area contributed by atoms with Crippen molar-refractivity contribution < 1.29 is 8.78 Å².